The largest absolute Gasteiger partial charge is 0.330 e. The molecule has 0 saturated heterocycles. The number of hydrogen-bond donors (Lipinski definition) is 1. The van der Waals surface area contributed by atoms with E-state index < -0.39 is 13.8 Å². The molecule has 0 radical (unpaired) electrons. The molecule has 0 aromatic rings. The molecule has 0 heterocycles. The Morgan fingerprint density at radius 2 is 1.75 bits per heavy atom. The molecule has 0 aliphatic rings. The van der Waals surface area contributed by atoms with Crippen molar-refractivity contribution in [2.75, 3.05) is 13.7 Å². The van der Waals surface area contributed by atoms with Crippen LogP contribution in [0.3, 0.4) is 0 Å². The predicted molar refractivity (Wildman–Crippen MR) is 66.7 cm³/mol. The van der Waals surface area contributed by atoms with E-state index in [1.807, 2.05) is 32.4 Å². The van der Waals surface area contributed by atoms with Gasteiger partial charge in [-0.15, -0.1) is 0 Å². The highest BCUT2D eigenvalue weighted by molar-refractivity contribution is 7.42. The van der Waals surface area contributed by atoms with Gasteiger partial charge in [0.1, 0.15) is 0 Å². The number of nitrogens with two attached hydrogens (primary N) is 1. The molecule has 16 heavy (non-hydrogen) atoms. The van der Waals surface area contributed by atoms with Crippen LogP contribution >= 0.6 is 7.95 Å². The van der Waals surface area contributed by atoms with Gasteiger partial charge in [-0.3, -0.25) is 0 Å². The van der Waals surface area contributed by atoms with Gasteiger partial charge in [-0.1, -0.05) is 0 Å². The summed E-state index contributed by atoms with van der Waals surface area (Å²) in [5, 5.41) is 0. The Hall–Kier alpha value is 0.0700. The summed E-state index contributed by atoms with van der Waals surface area (Å²) in [6.07, 6.45) is 0.543. The van der Waals surface area contributed by atoms with Gasteiger partial charge in [-0.25, -0.2) is 14.4 Å². The highest BCUT2D eigenvalue weighted by Gasteiger charge is 2.27. The molecule has 0 spiro atoms. The Bertz CT molecular complexity index is 198. The van der Waals surface area contributed by atoms with Crippen molar-refractivity contribution in [3.63, 3.8) is 0 Å². The van der Waals surface area contributed by atoms with Gasteiger partial charge in [0, 0.05) is 12.1 Å². The summed E-state index contributed by atoms with van der Waals surface area (Å²) in [6.45, 7) is 8.53. The van der Waals surface area contributed by atoms with E-state index in [0.717, 1.165) is 0 Å². The first-order chi connectivity index (χ1) is 7.45. The van der Waals surface area contributed by atoms with Crippen LogP contribution < -0.4 is 5.73 Å². The lowest BCUT2D eigenvalue weighted by Crippen LogP contribution is -2.34. The Morgan fingerprint density at radius 1 is 1.25 bits per heavy atom. The average molecular weight is 252 g/mol. The summed E-state index contributed by atoms with van der Waals surface area (Å²) in [4.78, 5) is 9.67. The molecule has 0 aromatic carbocycles. The zero-order chi connectivity index (χ0) is 12.7. The maximum absolute atomic E-state index is 12.4. The van der Waals surface area contributed by atoms with Crippen molar-refractivity contribution in [1.82, 2.24) is 4.67 Å². The van der Waals surface area contributed by atoms with E-state index in [-0.39, 0.29) is 12.1 Å². The third kappa shape index (κ3) is 4.93. The lowest BCUT2D eigenvalue weighted by Gasteiger charge is -2.32. The van der Waals surface area contributed by atoms with E-state index >= 15 is 0 Å². The monoisotopic (exact) mass is 252 g/mol. The predicted octanol–water partition coefficient (Wildman–Crippen LogP) is 1.83. The maximum atomic E-state index is 12.4. The van der Waals surface area contributed by atoms with Gasteiger partial charge in [-0.2, -0.15) is 0 Å². The van der Waals surface area contributed by atoms with Crippen molar-refractivity contribution in [2.24, 2.45) is 5.73 Å². The Labute approximate surface area is 99.0 Å². The Kier molecular flexibility index (Phi) is 8.24. The van der Waals surface area contributed by atoms with Crippen LogP contribution in [-0.2, 0) is 14.3 Å². The van der Waals surface area contributed by atoms with Crippen LogP contribution in [0, 0.1) is 0 Å². The Morgan fingerprint density at radius 3 is 2.06 bits per heavy atom. The Balaban J connectivity index is 4.66. The third-order valence-corrected chi connectivity index (χ3v) is 4.76. The van der Waals surface area contributed by atoms with Crippen LogP contribution in [0.5, 0.6) is 0 Å². The van der Waals surface area contributed by atoms with Crippen molar-refractivity contribution < 1.29 is 14.3 Å². The summed E-state index contributed by atoms with van der Waals surface area (Å²) in [5.41, 5.74) is 5.47. The summed E-state index contributed by atoms with van der Waals surface area (Å²) in [6, 6.07) is 0.430. The number of nitrogens with zero attached hydrogens (tertiary/aromatic N) is 1. The van der Waals surface area contributed by atoms with Gasteiger partial charge < -0.3 is 10.3 Å². The minimum absolute atomic E-state index is 0.215. The fourth-order valence-corrected chi connectivity index (χ4v) is 3.69. The van der Waals surface area contributed by atoms with Crippen LogP contribution in [0.4, 0.5) is 0 Å². The second kappa shape index (κ2) is 8.20. The third-order valence-electron chi connectivity index (χ3n) is 2.28. The number of hydrogen-bond acceptors (Lipinski definition) is 4. The van der Waals surface area contributed by atoms with Crippen LogP contribution in [0.2, 0.25) is 0 Å². The van der Waals surface area contributed by atoms with Gasteiger partial charge in [0.2, 0.25) is 0 Å². The topological polar surface area (TPSA) is 64.8 Å². The standard InChI is InChI=1S/C10H25N2O3P/c1-8(2)12(9(3)4)16(13)10(6-7-11)15-14-5/h8-10,16H,6-7,11H2,1-5H3. The first kappa shape index (κ1) is 16.1. The summed E-state index contributed by atoms with van der Waals surface area (Å²) < 4.78 is 14.3. The van der Waals surface area contributed by atoms with Crippen LogP contribution in [0.15, 0.2) is 0 Å². The average Bonchev–Trinajstić information content (AvgIpc) is 2.16. The molecular formula is C10H25N2O3P. The van der Waals surface area contributed by atoms with Crippen molar-refractivity contribution in [3.8, 4) is 0 Å². The zero-order valence-corrected chi connectivity index (χ0v) is 11.9. The lowest BCUT2D eigenvalue weighted by molar-refractivity contribution is -0.285. The molecule has 0 rings (SSSR count). The summed E-state index contributed by atoms with van der Waals surface area (Å²) in [5.74, 6) is -0.426. The van der Waals surface area contributed by atoms with Gasteiger partial charge >= 0.3 is 0 Å². The highest BCUT2D eigenvalue weighted by Crippen LogP contribution is 2.39. The summed E-state index contributed by atoms with van der Waals surface area (Å²) >= 11 is 0. The summed E-state index contributed by atoms with van der Waals surface area (Å²) in [7, 11) is -0.610. The maximum Gasteiger partial charge on any atom is 0.170 e. The molecule has 0 aromatic heterocycles. The van der Waals surface area contributed by atoms with E-state index in [1.165, 1.54) is 7.11 Å². The molecule has 0 aliphatic heterocycles. The highest BCUT2D eigenvalue weighted by atomic mass is 31.1. The van der Waals surface area contributed by atoms with Crippen LogP contribution in [0.25, 0.3) is 0 Å². The van der Waals surface area contributed by atoms with Crippen LogP contribution in [0.1, 0.15) is 34.1 Å². The molecule has 0 fully saturated rings. The van der Waals surface area contributed by atoms with Gasteiger partial charge in [0.05, 0.1) is 7.11 Å². The molecular weight excluding hydrogens is 227 g/mol. The zero-order valence-electron chi connectivity index (χ0n) is 10.9. The first-order valence-corrected chi connectivity index (χ1v) is 7.10. The van der Waals surface area contributed by atoms with Crippen LogP contribution in [-0.4, -0.2) is 36.3 Å². The molecule has 0 amide bonds. The lowest BCUT2D eigenvalue weighted by atomic mass is 10.3. The smallest absolute Gasteiger partial charge is 0.170 e. The molecule has 0 aliphatic carbocycles. The fourth-order valence-electron chi connectivity index (χ4n) is 1.75. The second-order valence-corrected chi connectivity index (χ2v) is 6.10. The SMILES string of the molecule is COOC(CCN)[PH](=O)N(C(C)C)C(C)C. The van der Waals surface area contributed by atoms with E-state index in [1.54, 1.807) is 0 Å². The molecule has 0 saturated carbocycles. The molecule has 6 heteroatoms. The van der Waals surface area contributed by atoms with E-state index in [2.05, 4.69) is 4.89 Å². The first-order valence-electron chi connectivity index (χ1n) is 5.67. The van der Waals surface area contributed by atoms with Crippen molar-refractivity contribution in [2.45, 2.75) is 52.0 Å². The minimum atomic E-state index is -2.03. The molecule has 98 valence electrons. The second-order valence-electron chi connectivity index (χ2n) is 4.26. The molecule has 2 atom stereocenters. The van der Waals surface area contributed by atoms with Crippen molar-refractivity contribution in [3.05, 3.63) is 0 Å². The van der Waals surface area contributed by atoms with E-state index in [4.69, 9.17) is 10.6 Å². The molecule has 2 unspecified atom stereocenters. The molecule has 0 bridgehead atoms. The molecule has 5 nitrogen and oxygen atoms in total. The van der Waals surface area contributed by atoms with E-state index in [9.17, 15) is 4.57 Å². The fraction of sp³-hybridized carbons (Fsp3) is 1.00. The van der Waals surface area contributed by atoms with Gasteiger partial charge in [0.25, 0.3) is 0 Å². The molecule has 2 N–H and O–H groups in total. The van der Waals surface area contributed by atoms with Gasteiger partial charge in [0.15, 0.2) is 13.8 Å². The van der Waals surface area contributed by atoms with Crippen molar-refractivity contribution >= 4 is 7.95 Å². The number of rotatable bonds is 8. The minimum Gasteiger partial charge on any atom is -0.330 e. The van der Waals surface area contributed by atoms with Crippen molar-refractivity contribution in [1.29, 1.82) is 0 Å². The normalized spacial score (nSPS) is 16.1. The van der Waals surface area contributed by atoms with Gasteiger partial charge in [-0.05, 0) is 40.7 Å². The van der Waals surface area contributed by atoms with E-state index in [0.29, 0.717) is 13.0 Å². The quantitative estimate of drug-likeness (QED) is 0.405.